The van der Waals surface area contributed by atoms with E-state index in [2.05, 4.69) is 16.6 Å². The number of nitrogen functional groups attached to an aromatic ring is 1. The Labute approximate surface area is 143 Å². The van der Waals surface area contributed by atoms with Crippen LogP contribution < -0.4 is 15.4 Å². The maximum absolute atomic E-state index is 12.8. The Kier molecular flexibility index (Phi) is 4.85. The molecule has 0 saturated heterocycles. The maximum Gasteiger partial charge on any atom is 0.573 e. The molecule has 1 aromatic heterocycles. The Bertz CT molecular complexity index is 879. The second-order valence-electron chi connectivity index (χ2n) is 5.26. The van der Waals surface area contributed by atoms with Gasteiger partial charge in [-0.3, -0.25) is 0 Å². The summed E-state index contributed by atoms with van der Waals surface area (Å²) in [6.07, 6.45) is -4.86. The molecule has 0 atom stereocenters. The molecule has 2 rings (SSSR count). The van der Waals surface area contributed by atoms with Crippen LogP contribution in [-0.4, -0.2) is 33.9 Å². The average Bonchev–Trinajstić information content (AvgIpc) is 2.48. The number of sulfone groups is 1. The fourth-order valence-electron chi connectivity index (χ4n) is 2.00. The normalized spacial score (nSPS) is 12.1. The minimum atomic E-state index is -4.86. The average molecular weight is 374 g/mol. The lowest BCUT2D eigenvalue weighted by atomic mass is 10.3. The molecule has 0 bridgehead atoms. The summed E-state index contributed by atoms with van der Waals surface area (Å²) in [7, 11) is -0.874. The van der Waals surface area contributed by atoms with Gasteiger partial charge in [0.1, 0.15) is 16.5 Å². The minimum Gasteiger partial charge on any atom is -0.406 e. The van der Waals surface area contributed by atoms with Crippen LogP contribution in [0, 0.1) is 6.92 Å². The molecule has 1 radical (unpaired) electrons. The zero-order valence-electron chi connectivity index (χ0n) is 13.3. The highest BCUT2D eigenvalue weighted by Crippen LogP contribution is 2.32. The molecule has 135 valence electrons. The van der Waals surface area contributed by atoms with E-state index in [1.165, 1.54) is 11.0 Å². The number of halogens is 3. The summed E-state index contributed by atoms with van der Waals surface area (Å²) in [6, 6.07) is 5.10. The van der Waals surface area contributed by atoms with Gasteiger partial charge in [-0.2, -0.15) is 0 Å². The summed E-state index contributed by atoms with van der Waals surface area (Å²) in [5, 5.41) is 0. The fourth-order valence-corrected chi connectivity index (χ4v) is 3.50. The molecule has 10 heteroatoms. The molecule has 0 aliphatic heterocycles. The smallest absolute Gasteiger partial charge is 0.406 e. The lowest BCUT2D eigenvalue weighted by Gasteiger charge is -2.18. The molecular weight excluding hydrogens is 359 g/mol. The molecule has 0 unspecified atom stereocenters. The Balaban J connectivity index is 2.51. The maximum atomic E-state index is 12.8. The Morgan fingerprint density at radius 2 is 1.76 bits per heavy atom. The quantitative estimate of drug-likeness (QED) is 0.886. The Morgan fingerprint density at radius 3 is 2.24 bits per heavy atom. The molecular formula is C15H15F3N3O3S. The van der Waals surface area contributed by atoms with E-state index >= 15 is 0 Å². The van der Waals surface area contributed by atoms with Crippen molar-refractivity contribution in [2.45, 2.75) is 16.2 Å². The van der Waals surface area contributed by atoms with Gasteiger partial charge in [0.2, 0.25) is 9.84 Å². The zero-order valence-corrected chi connectivity index (χ0v) is 14.1. The van der Waals surface area contributed by atoms with Gasteiger partial charge in [-0.25, -0.2) is 13.4 Å². The molecule has 2 N–H and O–H groups in total. The van der Waals surface area contributed by atoms with Crippen molar-refractivity contribution in [3.63, 3.8) is 0 Å². The lowest BCUT2D eigenvalue weighted by Crippen LogP contribution is -2.18. The van der Waals surface area contributed by atoms with E-state index in [0.29, 0.717) is 0 Å². The first-order valence-electron chi connectivity index (χ1n) is 6.82. The summed E-state index contributed by atoms with van der Waals surface area (Å²) in [5.74, 6) is -0.403. The number of rotatable bonds is 4. The number of nitrogens with zero attached hydrogens (tertiary/aromatic N) is 2. The first-order valence-corrected chi connectivity index (χ1v) is 8.31. The molecule has 2 aromatic rings. The van der Waals surface area contributed by atoms with Crippen LogP contribution in [0.15, 0.2) is 40.1 Å². The number of nitrogens with two attached hydrogens (primary N) is 1. The number of ether oxygens (including phenoxy) is 1. The molecule has 0 fully saturated rings. The Morgan fingerprint density at radius 1 is 1.20 bits per heavy atom. The zero-order chi connectivity index (χ0) is 19.0. The third-order valence-corrected chi connectivity index (χ3v) is 4.93. The topological polar surface area (TPSA) is 85.5 Å². The van der Waals surface area contributed by atoms with Crippen LogP contribution in [-0.2, 0) is 9.84 Å². The van der Waals surface area contributed by atoms with E-state index in [4.69, 9.17) is 5.73 Å². The predicted molar refractivity (Wildman–Crippen MR) is 86.0 cm³/mol. The largest absolute Gasteiger partial charge is 0.573 e. The van der Waals surface area contributed by atoms with Crippen molar-refractivity contribution >= 4 is 21.3 Å². The first kappa shape index (κ1) is 18.8. The van der Waals surface area contributed by atoms with Crippen LogP contribution in [0.2, 0.25) is 0 Å². The first-order chi connectivity index (χ1) is 11.4. The second kappa shape index (κ2) is 6.43. The molecule has 0 amide bonds. The van der Waals surface area contributed by atoms with Gasteiger partial charge >= 0.3 is 6.36 Å². The number of pyridine rings is 1. The van der Waals surface area contributed by atoms with Crippen LogP contribution in [0.1, 0.15) is 5.69 Å². The van der Waals surface area contributed by atoms with Crippen molar-refractivity contribution in [3.8, 4) is 5.75 Å². The van der Waals surface area contributed by atoms with Crippen LogP contribution >= 0.6 is 0 Å². The van der Waals surface area contributed by atoms with Gasteiger partial charge in [0.15, 0.2) is 0 Å². The highest BCUT2D eigenvalue weighted by molar-refractivity contribution is 7.91. The number of anilines is 2. The van der Waals surface area contributed by atoms with Crippen molar-refractivity contribution < 1.29 is 26.3 Å². The molecule has 1 heterocycles. The monoisotopic (exact) mass is 374 g/mol. The van der Waals surface area contributed by atoms with Crippen molar-refractivity contribution in [3.05, 3.63) is 42.9 Å². The van der Waals surface area contributed by atoms with Gasteiger partial charge in [-0.1, -0.05) is 0 Å². The molecule has 1 aromatic carbocycles. The highest BCUT2D eigenvalue weighted by atomic mass is 32.2. The second-order valence-corrected chi connectivity index (χ2v) is 7.18. The number of hydrogen-bond acceptors (Lipinski definition) is 6. The molecule has 0 saturated carbocycles. The van der Waals surface area contributed by atoms with E-state index in [0.717, 1.165) is 24.3 Å². The van der Waals surface area contributed by atoms with Gasteiger partial charge in [0.05, 0.1) is 16.3 Å². The summed E-state index contributed by atoms with van der Waals surface area (Å²) >= 11 is 0. The minimum absolute atomic E-state index is 0.0844. The highest BCUT2D eigenvalue weighted by Gasteiger charge is 2.31. The van der Waals surface area contributed by atoms with Gasteiger partial charge < -0.3 is 15.4 Å². The molecule has 0 aliphatic carbocycles. The number of benzene rings is 1. The van der Waals surface area contributed by atoms with Crippen molar-refractivity contribution in [2.24, 2.45) is 0 Å². The van der Waals surface area contributed by atoms with Gasteiger partial charge in [0.25, 0.3) is 0 Å². The molecule has 0 spiro atoms. The SMILES string of the molecule is [CH2]c1nc(N(C)C)c(S(=O)(=O)c2ccc(OC(F)(F)F)cc2)cc1N. The van der Waals surface area contributed by atoms with E-state index in [-0.39, 0.29) is 27.0 Å². The van der Waals surface area contributed by atoms with Crippen molar-refractivity contribution in [2.75, 3.05) is 24.7 Å². The predicted octanol–water partition coefficient (Wildman–Crippen LogP) is 2.64. The summed E-state index contributed by atoms with van der Waals surface area (Å²) < 4.78 is 65.9. The fraction of sp³-hybridized carbons (Fsp3) is 0.200. The van der Waals surface area contributed by atoms with Crippen LogP contribution in [0.25, 0.3) is 0 Å². The lowest BCUT2D eigenvalue weighted by molar-refractivity contribution is -0.274. The molecule has 25 heavy (non-hydrogen) atoms. The third-order valence-electron chi connectivity index (χ3n) is 3.16. The van der Waals surface area contributed by atoms with Crippen molar-refractivity contribution in [1.82, 2.24) is 4.98 Å². The van der Waals surface area contributed by atoms with Crippen LogP contribution in [0.5, 0.6) is 5.75 Å². The van der Waals surface area contributed by atoms with E-state index in [1.54, 1.807) is 14.1 Å². The number of alkyl halides is 3. The van der Waals surface area contributed by atoms with E-state index in [1.807, 2.05) is 0 Å². The van der Waals surface area contributed by atoms with Gasteiger partial charge in [-0.15, -0.1) is 13.2 Å². The third kappa shape index (κ3) is 4.13. The number of aromatic nitrogens is 1. The van der Waals surface area contributed by atoms with Crippen LogP contribution in [0.3, 0.4) is 0 Å². The van der Waals surface area contributed by atoms with Crippen molar-refractivity contribution in [1.29, 1.82) is 0 Å². The number of hydrogen-bond donors (Lipinski definition) is 1. The standard InChI is InChI=1S/C15H15F3N3O3S/c1-9-12(19)8-13(14(20-9)21(2)3)25(22,23)11-6-4-10(5-7-11)24-15(16,17)18/h4-8H,1,19H2,2-3H3. The van der Waals surface area contributed by atoms with Gasteiger partial charge in [0, 0.05) is 14.1 Å². The molecule has 6 nitrogen and oxygen atoms in total. The summed E-state index contributed by atoms with van der Waals surface area (Å²) in [5.41, 5.74) is 6.01. The van der Waals surface area contributed by atoms with Gasteiger partial charge in [-0.05, 0) is 37.3 Å². The van der Waals surface area contributed by atoms with E-state index in [9.17, 15) is 21.6 Å². The van der Waals surface area contributed by atoms with E-state index < -0.39 is 21.9 Å². The summed E-state index contributed by atoms with van der Waals surface area (Å²) in [6.45, 7) is 3.62. The Hall–Kier alpha value is -2.49. The summed E-state index contributed by atoms with van der Waals surface area (Å²) in [4.78, 5) is 5.15. The molecule has 0 aliphatic rings. The van der Waals surface area contributed by atoms with Crippen LogP contribution in [0.4, 0.5) is 24.7 Å².